The van der Waals surface area contributed by atoms with E-state index < -0.39 is 0 Å². The van der Waals surface area contributed by atoms with E-state index >= 15 is 0 Å². The molecule has 2 atom stereocenters. The van der Waals surface area contributed by atoms with Crippen LogP contribution >= 0.6 is 0 Å². The third-order valence-electron chi connectivity index (χ3n) is 4.64. The smallest absolute Gasteiger partial charge is 0.252 e. The molecule has 0 saturated carbocycles. The second-order valence-corrected chi connectivity index (χ2v) is 6.32. The fourth-order valence-corrected chi connectivity index (χ4v) is 3.35. The van der Waals surface area contributed by atoms with Gasteiger partial charge in [-0.15, -0.1) is 0 Å². The van der Waals surface area contributed by atoms with Gasteiger partial charge in [0.25, 0.3) is 5.91 Å². The molecular weight excluding hydrogens is 319 g/mol. The minimum atomic E-state index is -0.388. The molecule has 1 amide bonds. The Morgan fingerprint density at radius 1 is 1.40 bits per heavy atom. The van der Waals surface area contributed by atoms with Crippen molar-refractivity contribution < 1.29 is 13.9 Å². The molecule has 2 aromatic rings. The lowest BCUT2D eigenvalue weighted by Gasteiger charge is -2.33. The number of benzene rings is 1. The largest absolute Gasteiger partial charge is 0.368 e. The summed E-state index contributed by atoms with van der Waals surface area (Å²) in [6, 6.07) is 8.49. The Bertz CT molecular complexity index is 730. The van der Waals surface area contributed by atoms with Gasteiger partial charge in [-0.2, -0.15) is 0 Å². The number of halogens is 1. The fourth-order valence-electron chi connectivity index (χ4n) is 3.35. The molecular formula is C20H23FN2O2. The van der Waals surface area contributed by atoms with Crippen molar-refractivity contribution in [2.45, 2.75) is 38.8 Å². The highest BCUT2D eigenvalue weighted by molar-refractivity contribution is 5.82. The van der Waals surface area contributed by atoms with Crippen molar-refractivity contribution in [1.82, 2.24) is 9.88 Å². The number of ether oxygens (including phenoxy) is 1. The van der Waals surface area contributed by atoms with E-state index in [-0.39, 0.29) is 23.9 Å². The molecule has 4 nitrogen and oxygen atoms in total. The number of carbonyl (C=O) groups excluding carboxylic acids is 1. The molecule has 3 rings (SSSR count). The SMILES string of the molecule is CCN(C(=O)[C@H]1CCCO1)[C@H](c1cccnc1)c1ccc(F)c(C)c1. The average molecular weight is 342 g/mol. The van der Waals surface area contributed by atoms with Crippen molar-refractivity contribution in [3.8, 4) is 0 Å². The Hall–Kier alpha value is -2.27. The Kier molecular flexibility index (Phi) is 5.43. The van der Waals surface area contributed by atoms with Gasteiger partial charge in [0.15, 0.2) is 0 Å². The van der Waals surface area contributed by atoms with Crippen molar-refractivity contribution in [1.29, 1.82) is 0 Å². The van der Waals surface area contributed by atoms with Gasteiger partial charge in [0.1, 0.15) is 11.9 Å². The maximum atomic E-state index is 13.7. The van der Waals surface area contributed by atoms with Crippen LogP contribution in [0.15, 0.2) is 42.7 Å². The summed E-state index contributed by atoms with van der Waals surface area (Å²) in [6.45, 7) is 4.85. The standard InChI is InChI=1S/C20H23FN2O2/c1-3-23(20(24)18-7-5-11-25-18)19(16-6-4-10-22-13-16)15-8-9-17(21)14(2)12-15/h4,6,8-10,12-13,18-19H,3,5,7,11H2,1-2H3/t18-,19+/m1/s1. The Balaban J connectivity index is 2.02. The molecule has 1 aromatic carbocycles. The molecule has 25 heavy (non-hydrogen) atoms. The van der Waals surface area contributed by atoms with Crippen LogP contribution < -0.4 is 0 Å². The maximum absolute atomic E-state index is 13.7. The third-order valence-corrected chi connectivity index (χ3v) is 4.64. The molecule has 1 aliphatic heterocycles. The van der Waals surface area contributed by atoms with Gasteiger partial charge in [-0.25, -0.2) is 4.39 Å². The van der Waals surface area contributed by atoms with Crippen LogP contribution in [0.5, 0.6) is 0 Å². The van der Waals surface area contributed by atoms with Gasteiger partial charge < -0.3 is 9.64 Å². The summed E-state index contributed by atoms with van der Waals surface area (Å²) in [5.74, 6) is -0.266. The molecule has 0 N–H and O–H groups in total. The molecule has 0 spiro atoms. The van der Waals surface area contributed by atoms with Gasteiger partial charge in [0.2, 0.25) is 0 Å². The molecule has 0 bridgehead atoms. The minimum absolute atomic E-state index is 0.0177. The van der Waals surface area contributed by atoms with Crippen LogP contribution in [0.4, 0.5) is 4.39 Å². The lowest BCUT2D eigenvalue weighted by atomic mass is 9.96. The first-order chi connectivity index (χ1) is 12.1. The number of likely N-dealkylation sites (N-methyl/N-ethyl adjacent to an activating group) is 1. The Labute approximate surface area is 147 Å². The highest BCUT2D eigenvalue weighted by Gasteiger charge is 2.33. The van der Waals surface area contributed by atoms with E-state index in [0.29, 0.717) is 18.7 Å². The van der Waals surface area contributed by atoms with E-state index in [2.05, 4.69) is 4.98 Å². The maximum Gasteiger partial charge on any atom is 0.252 e. The van der Waals surface area contributed by atoms with E-state index in [1.807, 2.05) is 19.1 Å². The monoisotopic (exact) mass is 342 g/mol. The fraction of sp³-hybridized carbons (Fsp3) is 0.400. The molecule has 1 saturated heterocycles. The summed E-state index contributed by atoms with van der Waals surface area (Å²) in [5, 5.41) is 0. The zero-order valence-corrected chi connectivity index (χ0v) is 14.6. The second-order valence-electron chi connectivity index (χ2n) is 6.32. The van der Waals surface area contributed by atoms with Gasteiger partial charge in [-0.05, 0) is 55.5 Å². The van der Waals surface area contributed by atoms with Gasteiger partial charge >= 0.3 is 0 Å². The Morgan fingerprint density at radius 3 is 2.84 bits per heavy atom. The zero-order chi connectivity index (χ0) is 17.8. The van der Waals surface area contributed by atoms with Crippen LogP contribution in [0.1, 0.15) is 42.5 Å². The minimum Gasteiger partial charge on any atom is -0.368 e. The number of amides is 1. The van der Waals surface area contributed by atoms with Crippen molar-refractivity contribution in [2.24, 2.45) is 0 Å². The van der Waals surface area contributed by atoms with Crippen molar-refractivity contribution in [3.63, 3.8) is 0 Å². The van der Waals surface area contributed by atoms with Gasteiger partial charge in [-0.3, -0.25) is 9.78 Å². The molecule has 0 unspecified atom stereocenters. The topological polar surface area (TPSA) is 42.4 Å². The summed E-state index contributed by atoms with van der Waals surface area (Å²) >= 11 is 0. The molecule has 5 heteroatoms. The summed E-state index contributed by atoms with van der Waals surface area (Å²) < 4.78 is 19.3. The zero-order valence-electron chi connectivity index (χ0n) is 14.6. The lowest BCUT2D eigenvalue weighted by Crippen LogP contribution is -2.41. The summed E-state index contributed by atoms with van der Waals surface area (Å²) in [5.41, 5.74) is 2.34. The highest BCUT2D eigenvalue weighted by atomic mass is 19.1. The molecule has 1 aliphatic rings. The number of hydrogen-bond donors (Lipinski definition) is 0. The van der Waals surface area contributed by atoms with Crippen LogP contribution in [0, 0.1) is 12.7 Å². The molecule has 2 heterocycles. The summed E-state index contributed by atoms with van der Waals surface area (Å²) in [6.07, 6.45) is 4.72. The molecule has 0 aliphatic carbocycles. The first-order valence-corrected chi connectivity index (χ1v) is 8.70. The first-order valence-electron chi connectivity index (χ1n) is 8.70. The highest BCUT2D eigenvalue weighted by Crippen LogP contribution is 2.31. The Morgan fingerprint density at radius 2 is 2.24 bits per heavy atom. The number of hydrogen-bond acceptors (Lipinski definition) is 3. The van der Waals surface area contributed by atoms with E-state index in [9.17, 15) is 9.18 Å². The van der Waals surface area contributed by atoms with Crippen LogP contribution in [-0.4, -0.2) is 35.0 Å². The summed E-state index contributed by atoms with van der Waals surface area (Å²) in [4.78, 5) is 19.0. The quantitative estimate of drug-likeness (QED) is 0.833. The number of rotatable bonds is 5. The van der Waals surface area contributed by atoms with Gasteiger partial charge in [-0.1, -0.05) is 18.2 Å². The third kappa shape index (κ3) is 3.71. The van der Waals surface area contributed by atoms with Crippen molar-refractivity contribution in [2.75, 3.05) is 13.2 Å². The molecule has 1 aromatic heterocycles. The predicted octanol–water partition coefficient (Wildman–Crippen LogP) is 3.65. The molecule has 132 valence electrons. The van der Waals surface area contributed by atoms with E-state index in [1.165, 1.54) is 6.07 Å². The molecule has 0 radical (unpaired) electrons. The predicted molar refractivity (Wildman–Crippen MR) is 93.6 cm³/mol. The van der Waals surface area contributed by atoms with Crippen molar-refractivity contribution in [3.05, 3.63) is 65.2 Å². The number of aromatic nitrogens is 1. The van der Waals surface area contributed by atoms with Gasteiger partial charge in [0, 0.05) is 25.5 Å². The first kappa shape index (κ1) is 17.5. The number of carbonyl (C=O) groups is 1. The van der Waals surface area contributed by atoms with Crippen LogP contribution in [0.2, 0.25) is 0 Å². The van der Waals surface area contributed by atoms with Crippen LogP contribution in [-0.2, 0) is 9.53 Å². The van der Waals surface area contributed by atoms with Gasteiger partial charge in [0.05, 0.1) is 6.04 Å². The second kappa shape index (κ2) is 7.74. The molecule has 1 fully saturated rings. The average Bonchev–Trinajstić information content (AvgIpc) is 3.17. The van der Waals surface area contributed by atoms with E-state index in [0.717, 1.165) is 24.0 Å². The number of pyridine rings is 1. The normalized spacial score (nSPS) is 18.1. The van der Waals surface area contributed by atoms with Crippen molar-refractivity contribution >= 4 is 5.91 Å². The van der Waals surface area contributed by atoms with Crippen LogP contribution in [0.3, 0.4) is 0 Å². The number of aryl methyl sites for hydroxylation is 1. The van der Waals surface area contributed by atoms with E-state index in [1.54, 1.807) is 36.4 Å². The van der Waals surface area contributed by atoms with Crippen LogP contribution in [0.25, 0.3) is 0 Å². The van der Waals surface area contributed by atoms with E-state index in [4.69, 9.17) is 4.74 Å². The lowest BCUT2D eigenvalue weighted by molar-refractivity contribution is -0.142. The summed E-state index contributed by atoms with van der Waals surface area (Å²) in [7, 11) is 0. The number of nitrogens with zero attached hydrogens (tertiary/aromatic N) is 2.